The normalized spacial score (nSPS) is 28.0. The summed E-state index contributed by atoms with van der Waals surface area (Å²) in [5, 5.41) is 0. The van der Waals surface area contributed by atoms with Gasteiger partial charge < -0.3 is 4.74 Å². The first-order valence-corrected chi connectivity index (χ1v) is 5.95. The number of ether oxygens (including phenoxy) is 1. The lowest BCUT2D eigenvalue weighted by Crippen LogP contribution is -2.25. The number of Topliss-reactive ketones (excluding diaryl/α,β-unsaturated/α-hetero) is 1. The van der Waals surface area contributed by atoms with Crippen molar-refractivity contribution in [1.82, 2.24) is 4.98 Å². The van der Waals surface area contributed by atoms with Gasteiger partial charge in [0, 0.05) is 12.8 Å². The third kappa shape index (κ3) is 1.55. The monoisotopic (exact) mass is 217 g/mol. The van der Waals surface area contributed by atoms with Crippen molar-refractivity contribution in [2.75, 3.05) is 6.61 Å². The summed E-state index contributed by atoms with van der Waals surface area (Å²) in [6, 6.07) is 4.02. The Labute approximate surface area is 94.8 Å². The zero-order valence-corrected chi connectivity index (χ0v) is 9.19. The molecule has 0 amide bonds. The summed E-state index contributed by atoms with van der Waals surface area (Å²) >= 11 is 0. The molecule has 2 aliphatic rings. The van der Waals surface area contributed by atoms with Crippen LogP contribution in [-0.4, -0.2) is 23.5 Å². The molecule has 3 nitrogen and oxygen atoms in total. The number of ketones is 1. The van der Waals surface area contributed by atoms with E-state index < -0.39 is 0 Å². The number of nitrogens with zero attached hydrogens (tertiary/aromatic N) is 1. The number of fused-ring (bicyclic) bond motifs is 1. The van der Waals surface area contributed by atoms with Crippen LogP contribution in [0.2, 0.25) is 0 Å². The Morgan fingerprint density at radius 2 is 2.38 bits per heavy atom. The predicted octanol–water partition coefficient (Wildman–Crippen LogP) is 1.86. The number of carbonyl (C=O) groups is 1. The first-order chi connectivity index (χ1) is 7.86. The van der Waals surface area contributed by atoms with Crippen LogP contribution in [-0.2, 0) is 16.0 Å². The van der Waals surface area contributed by atoms with Crippen LogP contribution in [0.4, 0.5) is 0 Å². The molecule has 0 N–H and O–H groups in total. The van der Waals surface area contributed by atoms with E-state index in [2.05, 4.69) is 11.1 Å². The SMILES string of the molecule is O=C(C1CCCO1)C1CCc2cccnc21. The van der Waals surface area contributed by atoms with E-state index in [0.29, 0.717) is 0 Å². The van der Waals surface area contributed by atoms with Gasteiger partial charge in [-0.2, -0.15) is 0 Å². The molecular formula is C13H15NO2. The van der Waals surface area contributed by atoms with Crippen molar-refractivity contribution in [1.29, 1.82) is 0 Å². The smallest absolute Gasteiger partial charge is 0.170 e. The van der Waals surface area contributed by atoms with Gasteiger partial charge in [-0.3, -0.25) is 9.78 Å². The van der Waals surface area contributed by atoms with Crippen LogP contribution in [0.1, 0.15) is 36.4 Å². The number of hydrogen-bond donors (Lipinski definition) is 0. The van der Waals surface area contributed by atoms with Crippen molar-refractivity contribution in [2.24, 2.45) is 0 Å². The maximum Gasteiger partial charge on any atom is 0.170 e. The van der Waals surface area contributed by atoms with Gasteiger partial charge in [-0.15, -0.1) is 0 Å². The molecule has 84 valence electrons. The molecule has 2 unspecified atom stereocenters. The maximum atomic E-state index is 12.2. The molecule has 1 aromatic rings. The van der Waals surface area contributed by atoms with E-state index in [1.807, 2.05) is 6.07 Å². The molecule has 0 radical (unpaired) electrons. The summed E-state index contributed by atoms with van der Waals surface area (Å²) in [6.07, 6.45) is 5.39. The lowest BCUT2D eigenvalue weighted by Gasteiger charge is -2.14. The molecular weight excluding hydrogens is 202 g/mol. The maximum absolute atomic E-state index is 12.2. The van der Waals surface area contributed by atoms with Crippen molar-refractivity contribution in [3.8, 4) is 0 Å². The topological polar surface area (TPSA) is 39.2 Å². The highest BCUT2D eigenvalue weighted by Crippen LogP contribution is 2.34. The molecule has 1 fully saturated rings. The van der Waals surface area contributed by atoms with Crippen LogP contribution in [0.15, 0.2) is 18.3 Å². The number of pyridine rings is 1. The predicted molar refractivity (Wildman–Crippen MR) is 59.3 cm³/mol. The number of hydrogen-bond acceptors (Lipinski definition) is 3. The minimum atomic E-state index is -0.169. The molecule has 0 bridgehead atoms. The number of rotatable bonds is 2. The lowest BCUT2D eigenvalue weighted by molar-refractivity contribution is -0.129. The van der Waals surface area contributed by atoms with Crippen molar-refractivity contribution in [3.05, 3.63) is 29.6 Å². The highest BCUT2D eigenvalue weighted by Gasteiger charge is 2.35. The van der Waals surface area contributed by atoms with E-state index in [1.165, 1.54) is 5.56 Å². The average Bonchev–Trinajstić information content (AvgIpc) is 2.98. The quantitative estimate of drug-likeness (QED) is 0.759. The summed E-state index contributed by atoms with van der Waals surface area (Å²) in [4.78, 5) is 16.6. The first-order valence-electron chi connectivity index (χ1n) is 5.95. The summed E-state index contributed by atoms with van der Waals surface area (Å²) in [6.45, 7) is 0.734. The highest BCUT2D eigenvalue weighted by atomic mass is 16.5. The second-order valence-electron chi connectivity index (χ2n) is 4.54. The summed E-state index contributed by atoms with van der Waals surface area (Å²) < 4.78 is 5.46. The van der Waals surface area contributed by atoms with Gasteiger partial charge in [0.1, 0.15) is 6.10 Å². The van der Waals surface area contributed by atoms with E-state index in [-0.39, 0.29) is 17.8 Å². The zero-order valence-electron chi connectivity index (χ0n) is 9.19. The van der Waals surface area contributed by atoms with Crippen molar-refractivity contribution in [3.63, 3.8) is 0 Å². The van der Waals surface area contributed by atoms with Crippen LogP contribution in [0.3, 0.4) is 0 Å². The summed E-state index contributed by atoms with van der Waals surface area (Å²) in [5.41, 5.74) is 2.22. The van der Waals surface area contributed by atoms with Crippen LogP contribution < -0.4 is 0 Å². The molecule has 3 heteroatoms. The van der Waals surface area contributed by atoms with E-state index in [0.717, 1.165) is 38.0 Å². The first kappa shape index (κ1) is 9.97. The van der Waals surface area contributed by atoms with Crippen LogP contribution in [0, 0.1) is 0 Å². The molecule has 16 heavy (non-hydrogen) atoms. The van der Waals surface area contributed by atoms with E-state index in [1.54, 1.807) is 6.20 Å². The summed E-state index contributed by atoms with van der Waals surface area (Å²) in [7, 11) is 0. The lowest BCUT2D eigenvalue weighted by atomic mass is 9.96. The van der Waals surface area contributed by atoms with E-state index in [9.17, 15) is 4.79 Å². The van der Waals surface area contributed by atoms with Gasteiger partial charge in [-0.25, -0.2) is 0 Å². The standard InChI is InChI=1S/C13H15NO2/c15-13(11-4-2-8-16-11)10-6-5-9-3-1-7-14-12(9)10/h1,3,7,10-11H,2,4-6,8H2. The molecule has 3 rings (SSSR count). The molecule has 0 spiro atoms. The highest BCUT2D eigenvalue weighted by molar-refractivity contribution is 5.90. The number of carbonyl (C=O) groups excluding carboxylic acids is 1. The van der Waals surface area contributed by atoms with Gasteiger partial charge in [0.05, 0.1) is 11.6 Å². The minimum absolute atomic E-state index is 0.0145. The van der Waals surface area contributed by atoms with Crippen LogP contribution in [0.25, 0.3) is 0 Å². The van der Waals surface area contributed by atoms with Gasteiger partial charge in [0.25, 0.3) is 0 Å². The van der Waals surface area contributed by atoms with Gasteiger partial charge in [0.2, 0.25) is 0 Å². The van der Waals surface area contributed by atoms with Gasteiger partial charge >= 0.3 is 0 Å². The van der Waals surface area contributed by atoms with Crippen molar-refractivity contribution >= 4 is 5.78 Å². The number of aryl methyl sites for hydroxylation is 1. The summed E-state index contributed by atoms with van der Waals surface area (Å²) in [5.74, 6) is 0.231. The second-order valence-corrected chi connectivity index (χ2v) is 4.54. The molecule has 2 heterocycles. The second kappa shape index (κ2) is 3.98. The Morgan fingerprint density at radius 3 is 3.19 bits per heavy atom. The molecule has 0 saturated carbocycles. The molecule has 1 saturated heterocycles. The zero-order chi connectivity index (χ0) is 11.0. The largest absolute Gasteiger partial charge is 0.370 e. The van der Waals surface area contributed by atoms with Gasteiger partial charge in [-0.05, 0) is 37.3 Å². The van der Waals surface area contributed by atoms with Crippen LogP contribution >= 0.6 is 0 Å². The Hall–Kier alpha value is -1.22. The Bertz CT molecular complexity index is 410. The Kier molecular flexibility index (Phi) is 2.48. The fourth-order valence-electron chi connectivity index (χ4n) is 2.72. The third-order valence-corrected chi connectivity index (χ3v) is 3.55. The van der Waals surface area contributed by atoms with Gasteiger partial charge in [0.15, 0.2) is 5.78 Å². The van der Waals surface area contributed by atoms with Gasteiger partial charge in [-0.1, -0.05) is 6.07 Å². The molecule has 2 atom stereocenters. The van der Waals surface area contributed by atoms with Crippen molar-refractivity contribution in [2.45, 2.75) is 37.7 Å². The van der Waals surface area contributed by atoms with Crippen LogP contribution in [0.5, 0.6) is 0 Å². The Balaban J connectivity index is 1.84. The van der Waals surface area contributed by atoms with E-state index in [4.69, 9.17) is 4.74 Å². The number of aromatic nitrogens is 1. The fraction of sp³-hybridized carbons (Fsp3) is 0.538. The molecule has 0 aromatic carbocycles. The fourth-order valence-corrected chi connectivity index (χ4v) is 2.72. The Morgan fingerprint density at radius 1 is 1.44 bits per heavy atom. The third-order valence-electron chi connectivity index (χ3n) is 3.55. The molecule has 1 aliphatic carbocycles. The minimum Gasteiger partial charge on any atom is -0.370 e. The van der Waals surface area contributed by atoms with E-state index >= 15 is 0 Å². The van der Waals surface area contributed by atoms with Crippen molar-refractivity contribution < 1.29 is 9.53 Å². The molecule has 1 aliphatic heterocycles. The molecule has 1 aromatic heterocycles. The average molecular weight is 217 g/mol.